The van der Waals surface area contributed by atoms with Gasteiger partial charge >= 0.3 is 18.1 Å². The average molecular weight is 444 g/mol. The van der Waals surface area contributed by atoms with Crippen LogP contribution in [0.15, 0.2) is 55.1 Å². The monoisotopic (exact) mass is 444 g/mol. The maximum atomic E-state index is 12.2. The van der Waals surface area contributed by atoms with Crippen LogP contribution in [0.1, 0.15) is 47.9 Å². The Balaban J connectivity index is 1.62. The normalized spacial score (nSPS) is 12.5. The van der Waals surface area contributed by atoms with Gasteiger partial charge in [-0.3, -0.25) is 19.7 Å². The first-order valence-electron chi connectivity index (χ1n) is 8.92. The van der Waals surface area contributed by atoms with E-state index >= 15 is 0 Å². The Labute approximate surface area is 179 Å². The van der Waals surface area contributed by atoms with E-state index in [2.05, 4.69) is 15.7 Å². The van der Waals surface area contributed by atoms with Gasteiger partial charge in [-0.15, -0.1) is 5.10 Å². The van der Waals surface area contributed by atoms with Crippen LogP contribution in [-0.4, -0.2) is 27.9 Å². The summed E-state index contributed by atoms with van der Waals surface area (Å²) in [4.78, 5) is 33.5. The Hall–Kier alpha value is -4.68. The molecule has 32 heavy (non-hydrogen) atoms. The van der Waals surface area contributed by atoms with Crippen molar-refractivity contribution in [1.29, 1.82) is 0 Å². The Morgan fingerprint density at radius 1 is 1.22 bits per heavy atom. The van der Waals surface area contributed by atoms with E-state index in [1.54, 1.807) is 24.3 Å². The number of hydrogen-bond acceptors (Lipinski definition) is 11. The number of rotatable bonds is 8. The maximum Gasteiger partial charge on any atom is 0.433 e. The topological polar surface area (TPSA) is 172 Å². The molecule has 0 saturated carbocycles. The summed E-state index contributed by atoms with van der Waals surface area (Å²) in [5.74, 6) is -1.38. The number of carbonyl (C=O) groups is 2. The molecule has 0 spiro atoms. The number of aromatic nitrogens is 1. The summed E-state index contributed by atoms with van der Waals surface area (Å²) in [6, 6.07) is 7.13. The van der Waals surface area contributed by atoms with Gasteiger partial charge in [-0.25, -0.2) is 5.43 Å². The predicted molar refractivity (Wildman–Crippen MR) is 106 cm³/mol. The Kier molecular flexibility index (Phi) is 6.80. The van der Waals surface area contributed by atoms with Crippen LogP contribution in [0.3, 0.4) is 0 Å². The zero-order valence-electron chi connectivity index (χ0n) is 16.7. The van der Waals surface area contributed by atoms with Crippen LogP contribution in [0.2, 0.25) is 0 Å². The lowest BCUT2D eigenvalue weighted by Gasteiger charge is -2.15. The second-order valence-corrected chi connectivity index (χ2v) is 6.03. The summed E-state index contributed by atoms with van der Waals surface area (Å²) in [5.41, 5.74) is 2.14. The van der Waals surface area contributed by atoms with Gasteiger partial charge in [-0.2, -0.15) is 0 Å². The van der Waals surface area contributed by atoms with Gasteiger partial charge in [0.15, 0.2) is 17.2 Å². The molecule has 13 nitrogen and oxygen atoms in total. The summed E-state index contributed by atoms with van der Waals surface area (Å²) < 4.78 is 25.4. The van der Waals surface area contributed by atoms with Gasteiger partial charge < -0.3 is 22.8 Å². The number of carbonyl (C=O) groups excluding carboxylic acids is 2. The molecule has 3 rings (SSSR count). The van der Waals surface area contributed by atoms with E-state index in [0.717, 1.165) is 13.0 Å². The molecule has 0 aromatic carbocycles. The summed E-state index contributed by atoms with van der Waals surface area (Å²) in [6.07, 6.45) is 3.26. The van der Waals surface area contributed by atoms with Gasteiger partial charge in [0.05, 0.1) is 12.3 Å². The van der Waals surface area contributed by atoms with E-state index in [0.29, 0.717) is 11.5 Å². The Bertz CT molecular complexity index is 1160. The second-order valence-electron chi connectivity index (χ2n) is 6.03. The van der Waals surface area contributed by atoms with Crippen molar-refractivity contribution >= 4 is 35.8 Å². The molecule has 1 N–H and O–H groups in total. The number of hydrogen-bond donors (Lipinski definition) is 1. The molecule has 3 aromatic heterocycles. The number of ether oxygens (including phenoxy) is 2. The minimum Gasteiger partial charge on any atom is -0.465 e. The molecule has 166 valence electrons. The Morgan fingerprint density at radius 3 is 2.66 bits per heavy atom. The van der Waals surface area contributed by atoms with Crippen molar-refractivity contribution < 1.29 is 37.3 Å². The molecule has 0 aliphatic rings. The smallest absolute Gasteiger partial charge is 0.433 e. The summed E-state index contributed by atoms with van der Waals surface area (Å²) in [6.45, 7) is 2.47. The molecule has 0 saturated heterocycles. The molecule has 0 bridgehead atoms. The molecular formula is C19H16N4O9. The van der Waals surface area contributed by atoms with E-state index in [1.807, 2.05) is 0 Å². The average Bonchev–Trinajstić information content (AvgIpc) is 3.51. The first-order valence-corrected chi connectivity index (χ1v) is 8.92. The van der Waals surface area contributed by atoms with Crippen LogP contribution in [-0.2, 0) is 14.3 Å². The molecular weight excluding hydrogens is 428 g/mol. The quantitative estimate of drug-likeness (QED) is 0.136. The summed E-state index contributed by atoms with van der Waals surface area (Å²) >= 11 is 0. The van der Waals surface area contributed by atoms with Crippen molar-refractivity contribution in [3.63, 3.8) is 0 Å². The molecule has 3 heterocycles. The van der Waals surface area contributed by atoms with Gasteiger partial charge in [-0.1, -0.05) is 5.16 Å². The molecule has 3 aromatic rings. The van der Waals surface area contributed by atoms with Crippen LogP contribution in [0, 0.1) is 10.1 Å². The third kappa shape index (κ3) is 5.91. The third-order valence-electron chi connectivity index (χ3n) is 3.61. The highest BCUT2D eigenvalue weighted by molar-refractivity contribution is 5.93. The molecule has 13 heteroatoms. The van der Waals surface area contributed by atoms with Crippen molar-refractivity contribution in [3.05, 3.63) is 69.7 Å². The predicted octanol–water partition coefficient (Wildman–Crippen LogP) is 3.28. The number of esters is 1. The fourth-order valence-electron chi connectivity index (χ4n) is 2.25. The number of nitro groups is 1. The van der Waals surface area contributed by atoms with Crippen LogP contribution >= 0.6 is 0 Å². The van der Waals surface area contributed by atoms with Crippen molar-refractivity contribution in [2.75, 3.05) is 0 Å². The minimum atomic E-state index is -1.45. The Morgan fingerprint density at radius 2 is 2.00 bits per heavy atom. The van der Waals surface area contributed by atoms with E-state index in [4.69, 9.17) is 22.8 Å². The molecule has 0 aliphatic heterocycles. The van der Waals surface area contributed by atoms with Gasteiger partial charge in [0.2, 0.25) is 5.90 Å². The fraction of sp³-hybridized carbons (Fsp3) is 0.158. The maximum absolute atomic E-state index is 12.2. The number of hydrazone groups is 1. The van der Waals surface area contributed by atoms with Gasteiger partial charge in [0.25, 0.3) is 5.91 Å². The second kappa shape index (κ2) is 9.88. The van der Waals surface area contributed by atoms with E-state index in [1.165, 1.54) is 25.3 Å². The molecule has 1 amide bonds. The van der Waals surface area contributed by atoms with Gasteiger partial charge in [0, 0.05) is 19.9 Å². The molecule has 0 radical (unpaired) electrons. The van der Waals surface area contributed by atoms with Crippen molar-refractivity contribution in [2.45, 2.75) is 20.1 Å². The summed E-state index contributed by atoms with van der Waals surface area (Å²) in [7, 11) is 0. The van der Waals surface area contributed by atoms with E-state index in [-0.39, 0.29) is 17.4 Å². The lowest BCUT2D eigenvalue weighted by molar-refractivity contribution is -0.402. The van der Waals surface area contributed by atoms with E-state index in [9.17, 15) is 19.7 Å². The van der Waals surface area contributed by atoms with Crippen molar-refractivity contribution in [3.8, 4) is 0 Å². The minimum absolute atomic E-state index is 0.0566. The highest BCUT2D eigenvalue weighted by atomic mass is 16.7. The number of furan rings is 2. The number of amides is 1. The van der Waals surface area contributed by atoms with Gasteiger partial charge in [-0.05, 0) is 30.4 Å². The van der Waals surface area contributed by atoms with Crippen molar-refractivity contribution in [2.24, 2.45) is 5.10 Å². The lowest BCUT2D eigenvalue weighted by atomic mass is 10.3. The SMILES string of the molecule is CC(=O)OC(O/C(C)=N/NC(=O)c1cc(/C=C\c2ccco2)on1)c1ccc([N+](=O)[O-])o1. The standard InChI is InChI=1S/C19H16N4O9/c1-11(29-19(30-12(2)24)16-7-8-17(31-16)23(26)27)20-21-18(25)15-10-14(32-22-15)6-5-13-4-3-9-28-13/h3-10,19H,1-2H3,(H,21,25)/b6-5-,20-11+. The first-order chi connectivity index (χ1) is 15.3. The fourth-order valence-corrected chi connectivity index (χ4v) is 2.25. The molecule has 1 atom stereocenters. The largest absolute Gasteiger partial charge is 0.465 e. The highest BCUT2D eigenvalue weighted by Crippen LogP contribution is 2.25. The van der Waals surface area contributed by atoms with Crippen LogP contribution in [0.25, 0.3) is 12.2 Å². The first kappa shape index (κ1) is 22.0. The van der Waals surface area contributed by atoms with Crippen LogP contribution < -0.4 is 5.43 Å². The number of nitrogens with one attached hydrogen (secondary N) is 1. The number of nitrogens with zero attached hydrogens (tertiary/aromatic N) is 3. The molecule has 0 fully saturated rings. The van der Waals surface area contributed by atoms with E-state index < -0.39 is 29.0 Å². The zero-order valence-corrected chi connectivity index (χ0v) is 16.7. The lowest BCUT2D eigenvalue weighted by Crippen LogP contribution is -2.22. The van der Waals surface area contributed by atoms with Crippen LogP contribution in [0.4, 0.5) is 5.88 Å². The third-order valence-corrected chi connectivity index (χ3v) is 3.61. The van der Waals surface area contributed by atoms with Crippen molar-refractivity contribution in [1.82, 2.24) is 10.6 Å². The molecule has 1 unspecified atom stereocenters. The van der Waals surface area contributed by atoms with Gasteiger partial charge in [0.1, 0.15) is 10.7 Å². The van der Waals surface area contributed by atoms with Crippen LogP contribution in [0.5, 0.6) is 0 Å². The molecule has 0 aliphatic carbocycles. The zero-order chi connectivity index (χ0) is 23.1. The highest BCUT2D eigenvalue weighted by Gasteiger charge is 2.24. The summed E-state index contributed by atoms with van der Waals surface area (Å²) in [5, 5.41) is 18.1.